The summed E-state index contributed by atoms with van der Waals surface area (Å²) in [5.41, 5.74) is 0. The average Bonchev–Trinajstić information content (AvgIpc) is 0.918. The molecular formula is C2H6BrHg. The van der Waals surface area contributed by atoms with Gasteiger partial charge in [-0.2, -0.15) is 0 Å². The van der Waals surface area contributed by atoms with E-state index in [4.69, 9.17) is 0 Å². The maximum atomic E-state index is 2.21. The Morgan fingerprint density at radius 1 is 1.75 bits per heavy atom. The predicted molar refractivity (Wildman–Crippen MR) is 20.8 cm³/mol. The molecule has 0 fully saturated rings. The maximum absolute atomic E-state index is 2.21. The van der Waals surface area contributed by atoms with Gasteiger partial charge in [0.15, 0.2) is 0 Å². The zero-order valence-corrected chi connectivity index (χ0v) is 10.0. The molecule has 0 N–H and O–H groups in total. The van der Waals surface area contributed by atoms with Crippen LogP contribution < -0.4 is 0 Å². The van der Waals surface area contributed by atoms with Gasteiger partial charge in [0.25, 0.3) is 0 Å². The summed E-state index contributed by atoms with van der Waals surface area (Å²) in [5.74, 6) is 0. The van der Waals surface area contributed by atoms with Gasteiger partial charge in [0.1, 0.15) is 0 Å². The molecule has 0 aromatic heterocycles. The van der Waals surface area contributed by atoms with Crippen LogP contribution in [0, 0.1) is 0 Å². The Hall–Kier alpha value is 1.42. The summed E-state index contributed by atoms with van der Waals surface area (Å²) < 4.78 is 1.44. The average molecular weight is 311 g/mol. The molecule has 23 valence electrons. The number of rotatable bonds is 0. The first kappa shape index (κ1) is 9.05. The molecule has 0 saturated heterocycles. The Labute approximate surface area is 53.7 Å². The van der Waals surface area contributed by atoms with Gasteiger partial charge in [0.2, 0.25) is 0 Å². The van der Waals surface area contributed by atoms with Crippen molar-refractivity contribution in [3.05, 3.63) is 0 Å². The molecule has 0 heterocycles. The second-order valence-electron chi connectivity index (χ2n) is 0.500. The second-order valence-corrected chi connectivity index (χ2v) is 4.39. The fraction of sp³-hybridized carbons (Fsp3) is 1.00. The van der Waals surface area contributed by atoms with Gasteiger partial charge in [-0.05, 0) is 0 Å². The van der Waals surface area contributed by atoms with Crippen molar-refractivity contribution >= 4 is 17.0 Å². The van der Waals surface area contributed by atoms with Crippen molar-refractivity contribution in [1.29, 1.82) is 0 Å². The van der Waals surface area contributed by atoms with E-state index in [9.17, 15) is 0 Å². The summed E-state index contributed by atoms with van der Waals surface area (Å²) in [6.45, 7) is 2.21. The van der Waals surface area contributed by atoms with Crippen molar-refractivity contribution in [3.8, 4) is 0 Å². The SMILES string of the molecule is Br.C[CH2][Hg]. The van der Waals surface area contributed by atoms with Crippen molar-refractivity contribution in [2.24, 2.45) is 0 Å². The molecule has 0 nitrogen and oxygen atoms in total. The summed E-state index contributed by atoms with van der Waals surface area (Å²) >= 11 is 1.07. The molecule has 0 aliphatic carbocycles. The van der Waals surface area contributed by atoms with Crippen LogP contribution in [0.1, 0.15) is 6.92 Å². The van der Waals surface area contributed by atoms with Crippen LogP contribution in [-0.2, 0) is 26.1 Å². The third-order valence-electron chi connectivity index (χ3n) is 0. The molecule has 0 aliphatic heterocycles. The molecule has 0 bridgehead atoms. The van der Waals surface area contributed by atoms with Gasteiger partial charge in [-0.15, -0.1) is 17.0 Å². The van der Waals surface area contributed by atoms with Gasteiger partial charge < -0.3 is 0 Å². The fourth-order valence-electron chi connectivity index (χ4n) is 0. The fourth-order valence-corrected chi connectivity index (χ4v) is 0. The Bertz CT molecular complexity index is 6.00. The Kier molecular flexibility index (Phi) is 20.0. The first-order valence-electron chi connectivity index (χ1n) is 1.21. The second kappa shape index (κ2) is 8.83. The quantitative estimate of drug-likeness (QED) is 0.596. The molecule has 0 aromatic rings. The zero-order valence-electron chi connectivity index (χ0n) is 2.82. The first-order valence-corrected chi connectivity index (χ1v) is 5.09. The summed E-state index contributed by atoms with van der Waals surface area (Å²) in [7, 11) is 0. The minimum absolute atomic E-state index is 0. The van der Waals surface area contributed by atoms with Gasteiger partial charge in [0, 0.05) is 0 Å². The van der Waals surface area contributed by atoms with Crippen LogP contribution in [-0.4, -0.2) is 0 Å². The van der Waals surface area contributed by atoms with Crippen LogP contribution in [0.4, 0.5) is 0 Å². The van der Waals surface area contributed by atoms with Gasteiger partial charge in [-0.25, -0.2) is 0 Å². The molecule has 0 atom stereocenters. The third-order valence-corrected chi connectivity index (χ3v) is 0. The molecule has 2 heteroatoms. The monoisotopic (exact) mass is 311 g/mol. The van der Waals surface area contributed by atoms with E-state index < -0.39 is 0 Å². The molecule has 0 radical (unpaired) electrons. The summed E-state index contributed by atoms with van der Waals surface area (Å²) in [6, 6.07) is 0. The Morgan fingerprint density at radius 3 is 1.75 bits per heavy atom. The molecule has 0 saturated carbocycles. The van der Waals surface area contributed by atoms with Crippen molar-refractivity contribution in [2.75, 3.05) is 0 Å². The van der Waals surface area contributed by atoms with E-state index >= 15 is 0 Å². The Balaban J connectivity index is 0. The van der Waals surface area contributed by atoms with Gasteiger partial charge in [0.05, 0.1) is 0 Å². The van der Waals surface area contributed by atoms with E-state index in [0.29, 0.717) is 0 Å². The van der Waals surface area contributed by atoms with Gasteiger partial charge >= 0.3 is 37.0 Å². The number of hydrogen-bond acceptors (Lipinski definition) is 0. The van der Waals surface area contributed by atoms with E-state index in [1.54, 1.807) is 0 Å². The van der Waals surface area contributed by atoms with E-state index in [0.717, 1.165) is 26.1 Å². The summed E-state index contributed by atoms with van der Waals surface area (Å²) in [5, 5.41) is 0. The summed E-state index contributed by atoms with van der Waals surface area (Å²) in [4.78, 5) is 0. The minimum atomic E-state index is 0. The van der Waals surface area contributed by atoms with Gasteiger partial charge in [-0.3, -0.25) is 0 Å². The molecular weight excluding hydrogens is 305 g/mol. The molecule has 4 heavy (non-hydrogen) atoms. The standard InChI is InChI=1S/C2H5.BrH.Hg/c1-2;;/h1H2,2H3;1H;. The van der Waals surface area contributed by atoms with Crippen molar-refractivity contribution in [2.45, 2.75) is 10.9 Å². The van der Waals surface area contributed by atoms with Crippen molar-refractivity contribution in [1.82, 2.24) is 0 Å². The Morgan fingerprint density at radius 2 is 1.75 bits per heavy atom. The van der Waals surface area contributed by atoms with Crippen molar-refractivity contribution < 1.29 is 26.1 Å². The topological polar surface area (TPSA) is 0 Å². The molecule has 0 aromatic carbocycles. The van der Waals surface area contributed by atoms with Crippen LogP contribution in [0.15, 0.2) is 0 Å². The molecule has 0 rings (SSSR count). The normalized spacial score (nSPS) is 4.75. The van der Waals surface area contributed by atoms with Crippen LogP contribution in [0.25, 0.3) is 0 Å². The van der Waals surface area contributed by atoms with Crippen LogP contribution >= 0.6 is 17.0 Å². The van der Waals surface area contributed by atoms with Crippen LogP contribution in [0.3, 0.4) is 0 Å². The molecule has 0 unspecified atom stereocenters. The predicted octanol–water partition coefficient (Wildman–Crippen LogP) is 1.55. The number of halogens is 1. The van der Waals surface area contributed by atoms with Crippen LogP contribution in [0.5, 0.6) is 0 Å². The van der Waals surface area contributed by atoms with Gasteiger partial charge in [-0.1, -0.05) is 0 Å². The van der Waals surface area contributed by atoms with E-state index in [1.807, 2.05) is 0 Å². The third kappa shape index (κ3) is 9.95. The number of hydrogen-bond donors (Lipinski definition) is 0. The zero-order chi connectivity index (χ0) is 2.71. The molecule has 0 aliphatic rings. The molecule has 0 amide bonds. The van der Waals surface area contributed by atoms with E-state index in [-0.39, 0.29) is 17.0 Å². The first-order chi connectivity index (χ1) is 1.41. The van der Waals surface area contributed by atoms with Crippen LogP contribution in [0.2, 0.25) is 3.93 Å². The van der Waals surface area contributed by atoms with E-state index in [2.05, 4.69) is 6.92 Å². The van der Waals surface area contributed by atoms with E-state index in [1.165, 1.54) is 3.93 Å². The van der Waals surface area contributed by atoms with Crippen molar-refractivity contribution in [3.63, 3.8) is 0 Å². The summed E-state index contributed by atoms with van der Waals surface area (Å²) in [6.07, 6.45) is 0. The molecule has 0 spiro atoms.